The molecule has 98 valence electrons. The molecule has 0 amide bonds. The molecule has 0 aliphatic rings. The maximum absolute atomic E-state index is 3.52. The van der Waals surface area contributed by atoms with Gasteiger partial charge < -0.3 is 10.3 Å². The molecular formula is C15H22N2S. The molecule has 1 aromatic carbocycles. The average Bonchev–Trinajstić information content (AvgIpc) is 2.85. The molecule has 0 saturated heterocycles. The van der Waals surface area contributed by atoms with Crippen molar-refractivity contribution in [2.75, 3.05) is 18.6 Å². The Morgan fingerprint density at radius 3 is 3.00 bits per heavy atom. The topological polar surface area (TPSA) is 27.8 Å². The Balaban J connectivity index is 1.67. The van der Waals surface area contributed by atoms with E-state index in [1.54, 1.807) is 0 Å². The first kappa shape index (κ1) is 13.5. The molecule has 2 rings (SSSR count). The van der Waals surface area contributed by atoms with Crippen LogP contribution in [0, 0.1) is 0 Å². The molecular weight excluding hydrogens is 240 g/mol. The van der Waals surface area contributed by atoms with Crippen molar-refractivity contribution in [2.45, 2.75) is 25.8 Å². The third-order valence-electron chi connectivity index (χ3n) is 3.15. The second-order valence-electron chi connectivity index (χ2n) is 4.63. The Kier molecular flexibility index (Phi) is 5.62. The van der Waals surface area contributed by atoms with E-state index in [0.717, 1.165) is 13.1 Å². The summed E-state index contributed by atoms with van der Waals surface area (Å²) in [6, 6.07) is 8.73. The molecule has 0 aliphatic carbocycles. The van der Waals surface area contributed by atoms with Crippen molar-refractivity contribution in [3.05, 3.63) is 36.0 Å². The number of aromatic nitrogens is 1. The van der Waals surface area contributed by atoms with Crippen LogP contribution in [0.5, 0.6) is 0 Å². The fourth-order valence-electron chi connectivity index (χ4n) is 2.12. The molecule has 1 aromatic heterocycles. The highest BCUT2D eigenvalue weighted by atomic mass is 32.2. The lowest BCUT2D eigenvalue weighted by Gasteiger charge is -2.05. The number of benzene rings is 1. The Morgan fingerprint density at radius 2 is 2.11 bits per heavy atom. The summed E-state index contributed by atoms with van der Waals surface area (Å²) in [5, 5.41) is 4.82. The second-order valence-corrected chi connectivity index (χ2v) is 5.62. The number of rotatable bonds is 8. The van der Waals surface area contributed by atoms with Crippen LogP contribution in [0.25, 0.3) is 10.9 Å². The van der Waals surface area contributed by atoms with Gasteiger partial charge in [-0.3, -0.25) is 0 Å². The van der Waals surface area contributed by atoms with Crippen LogP contribution in [0.1, 0.15) is 24.8 Å². The van der Waals surface area contributed by atoms with E-state index < -0.39 is 0 Å². The van der Waals surface area contributed by atoms with E-state index >= 15 is 0 Å². The first-order chi connectivity index (χ1) is 8.90. The summed E-state index contributed by atoms with van der Waals surface area (Å²) in [6.45, 7) is 2.10. The molecule has 0 bridgehead atoms. The summed E-state index contributed by atoms with van der Waals surface area (Å²) >= 11 is 1.94. The lowest BCUT2D eigenvalue weighted by molar-refractivity contribution is 0.619. The van der Waals surface area contributed by atoms with Gasteiger partial charge in [-0.25, -0.2) is 0 Å². The molecule has 2 aromatic rings. The SMILES string of the molecule is CSCCCCCNCc1ccc2[nH]ccc2c1. The van der Waals surface area contributed by atoms with E-state index in [-0.39, 0.29) is 0 Å². The third kappa shape index (κ3) is 4.07. The van der Waals surface area contributed by atoms with Crippen LogP contribution in [-0.4, -0.2) is 23.5 Å². The van der Waals surface area contributed by atoms with Crippen molar-refractivity contribution in [1.29, 1.82) is 0 Å². The Hall–Kier alpha value is -0.930. The van der Waals surface area contributed by atoms with Gasteiger partial charge >= 0.3 is 0 Å². The monoisotopic (exact) mass is 262 g/mol. The normalized spacial score (nSPS) is 11.2. The highest BCUT2D eigenvalue weighted by Crippen LogP contribution is 2.14. The van der Waals surface area contributed by atoms with Gasteiger partial charge in [0.2, 0.25) is 0 Å². The van der Waals surface area contributed by atoms with Crippen molar-refractivity contribution in [1.82, 2.24) is 10.3 Å². The first-order valence-corrected chi connectivity index (χ1v) is 8.05. The zero-order valence-electron chi connectivity index (χ0n) is 11.0. The fourth-order valence-corrected chi connectivity index (χ4v) is 2.61. The van der Waals surface area contributed by atoms with Crippen LogP contribution in [0.3, 0.4) is 0 Å². The lowest BCUT2D eigenvalue weighted by Crippen LogP contribution is -2.14. The van der Waals surface area contributed by atoms with Gasteiger partial charge in [-0.05, 0) is 60.5 Å². The summed E-state index contributed by atoms with van der Waals surface area (Å²) in [7, 11) is 0. The number of thioether (sulfide) groups is 1. The van der Waals surface area contributed by atoms with Gasteiger partial charge in [0.15, 0.2) is 0 Å². The van der Waals surface area contributed by atoms with E-state index in [1.165, 1.54) is 41.5 Å². The van der Waals surface area contributed by atoms with E-state index in [0.29, 0.717) is 0 Å². The van der Waals surface area contributed by atoms with E-state index in [2.05, 4.69) is 40.8 Å². The Bertz CT molecular complexity index is 464. The molecule has 0 unspecified atom stereocenters. The van der Waals surface area contributed by atoms with Crippen LogP contribution in [-0.2, 0) is 6.54 Å². The molecule has 0 radical (unpaired) electrons. The van der Waals surface area contributed by atoms with E-state index in [4.69, 9.17) is 0 Å². The van der Waals surface area contributed by atoms with Crippen molar-refractivity contribution in [2.24, 2.45) is 0 Å². The molecule has 2 nitrogen and oxygen atoms in total. The molecule has 1 heterocycles. The van der Waals surface area contributed by atoms with Gasteiger partial charge in [-0.1, -0.05) is 12.5 Å². The number of fused-ring (bicyclic) bond motifs is 1. The zero-order chi connectivity index (χ0) is 12.6. The van der Waals surface area contributed by atoms with E-state index in [9.17, 15) is 0 Å². The van der Waals surface area contributed by atoms with Crippen LogP contribution in [0.15, 0.2) is 30.5 Å². The number of hydrogen-bond donors (Lipinski definition) is 2. The summed E-state index contributed by atoms with van der Waals surface area (Å²) in [4.78, 5) is 3.22. The van der Waals surface area contributed by atoms with Crippen molar-refractivity contribution >= 4 is 22.7 Å². The van der Waals surface area contributed by atoms with Gasteiger partial charge in [0, 0.05) is 18.3 Å². The minimum Gasteiger partial charge on any atom is -0.361 e. The van der Waals surface area contributed by atoms with Crippen molar-refractivity contribution in [3.8, 4) is 0 Å². The molecule has 3 heteroatoms. The minimum atomic E-state index is 0.976. The summed E-state index contributed by atoms with van der Waals surface area (Å²) in [6.07, 6.45) is 8.14. The molecule has 0 saturated carbocycles. The van der Waals surface area contributed by atoms with Gasteiger partial charge in [-0.2, -0.15) is 11.8 Å². The Labute approximate surface area is 114 Å². The molecule has 0 spiro atoms. The number of hydrogen-bond acceptors (Lipinski definition) is 2. The largest absolute Gasteiger partial charge is 0.361 e. The average molecular weight is 262 g/mol. The Morgan fingerprint density at radius 1 is 1.17 bits per heavy atom. The van der Waals surface area contributed by atoms with Gasteiger partial charge in [0.05, 0.1) is 0 Å². The molecule has 18 heavy (non-hydrogen) atoms. The van der Waals surface area contributed by atoms with E-state index in [1.807, 2.05) is 18.0 Å². The molecule has 0 aliphatic heterocycles. The van der Waals surface area contributed by atoms with Crippen molar-refractivity contribution < 1.29 is 0 Å². The van der Waals surface area contributed by atoms with Crippen LogP contribution < -0.4 is 5.32 Å². The first-order valence-electron chi connectivity index (χ1n) is 6.66. The summed E-state index contributed by atoms with van der Waals surface area (Å²) < 4.78 is 0. The smallest absolute Gasteiger partial charge is 0.0454 e. The number of H-pyrrole nitrogens is 1. The predicted molar refractivity (Wildman–Crippen MR) is 82.2 cm³/mol. The van der Waals surface area contributed by atoms with Gasteiger partial charge in [0.1, 0.15) is 0 Å². The van der Waals surface area contributed by atoms with Crippen LogP contribution in [0.4, 0.5) is 0 Å². The fraction of sp³-hybridized carbons (Fsp3) is 0.467. The van der Waals surface area contributed by atoms with Gasteiger partial charge in [-0.15, -0.1) is 0 Å². The highest BCUT2D eigenvalue weighted by molar-refractivity contribution is 7.98. The minimum absolute atomic E-state index is 0.976. The van der Waals surface area contributed by atoms with Gasteiger partial charge in [0.25, 0.3) is 0 Å². The number of unbranched alkanes of at least 4 members (excludes halogenated alkanes) is 2. The molecule has 2 N–H and O–H groups in total. The zero-order valence-corrected chi connectivity index (χ0v) is 11.9. The standard InChI is InChI=1S/C15H22N2S/c1-18-10-4-2-3-8-16-12-13-5-6-15-14(11-13)7-9-17-15/h5-7,9,11,16-17H,2-4,8,10,12H2,1H3. The lowest BCUT2D eigenvalue weighted by atomic mass is 10.1. The number of aromatic amines is 1. The van der Waals surface area contributed by atoms with Crippen LogP contribution in [0.2, 0.25) is 0 Å². The summed E-state index contributed by atoms with van der Waals surface area (Å²) in [5.41, 5.74) is 2.59. The predicted octanol–water partition coefficient (Wildman–Crippen LogP) is 3.79. The second kappa shape index (κ2) is 7.49. The maximum Gasteiger partial charge on any atom is 0.0454 e. The molecule has 0 fully saturated rings. The van der Waals surface area contributed by atoms with Crippen LogP contribution >= 0.6 is 11.8 Å². The maximum atomic E-state index is 3.52. The molecule has 0 atom stereocenters. The number of nitrogens with one attached hydrogen (secondary N) is 2. The third-order valence-corrected chi connectivity index (χ3v) is 3.85. The highest BCUT2D eigenvalue weighted by Gasteiger charge is 1.97. The summed E-state index contributed by atoms with van der Waals surface area (Å²) in [5.74, 6) is 1.30. The van der Waals surface area contributed by atoms with Crippen molar-refractivity contribution in [3.63, 3.8) is 0 Å². The quantitative estimate of drug-likeness (QED) is 0.708.